The molecule has 2 N–H and O–H groups in total. The first-order valence-corrected chi connectivity index (χ1v) is 16.0. The van der Waals surface area contributed by atoms with Crippen LogP contribution in [0.2, 0.25) is 0 Å². The molecule has 2 aliphatic heterocycles. The van der Waals surface area contributed by atoms with Crippen LogP contribution in [0.3, 0.4) is 0 Å². The Morgan fingerprint density at radius 1 is 1.12 bits per heavy atom. The van der Waals surface area contributed by atoms with Crippen LogP contribution in [0.5, 0.6) is 5.75 Å². The van der Waals surface area contributed by atoms with Crippen LogP contribution in [0.4, 0.5) is 14.9 Å². The Labute approximate surface area is 246 Å². The van der Waals surface area contributed by atoms with E-state index in [-0.39, 0.29) is 23.8 Å². The van der Waals surface area contributed by atoms with Gasteiger partial charge in [-0.1, -0.05) is 32.3 Å². The minimum Gasteiger partial charge on any atom is -0.492 e. The number of benzene rings is 2. The van der Waals surface area contributed by atoms with Gasteiger partial charge in [0.05, 0.1) is 23.5 Å². The summed E-state index contributed by atoms with van der Waals surface area (Å²) < 4.78 is 25.4. The van der Waals surface area contributed by atoms with Gasteiger partial charge >= 0.3 is 6.03 Å². The van der Waals surface area contributed by atoms with Crippen molar-refractivity contribution in [3.63, 3.8) is 0 Å². The number of amides is 2. The number of rotatable bonds is 3. The van der Waals surface area contributed by atoms with Crippen molar-refractivity contribution in [2.24, 2.45) is 5.92 Å². The van der Waals surface area contributed by atoms with Crippen LogP contribution in [-0.2, 0) is 6.54 Å². The summed E-state index contributed by atoms with van der Waals surface area (Å²) >= 11 is 1.45. The third-order valence-corrected chi connectivity index (χ3v) is 9.71. The number of halogens is 1. The van der Waals surface area contributed by atoms with Crippen molar-refractivity contribution in [2.75, 3.05) is 24.3 Å². The molecule has 1 aliphatic carbocycles. The van der Waals surface area contributed by atoms with Gasteiger partial charge in [0.1, 0.15) is 11.6 Å². The van der Waals surface area contributed by atoms with Gasteiger partial charge in [0, 0.05) is 47.9 Å². The Morgan fingerprint density at radius 2 is 1.90 bits per heavy atom. The molecule has 2 atom stereocenters. The van der Waals surface area contributed by atoms with E-state index in [0.29, 0.717) is 19.1 Å². The number of hydrogen-bond acceptors (Lipinski definition) is 5. The summed E-state index contributed by atoms with van der Waals surface area (Å²) in [6.45, 7) is 9.55. The molecule has 1 unspecified atom stereocenters. The average molecular weight is 580 g/mol. The molecule has 3 aliphatic rings. The molecule has 3 heterocycles. The number of nitrogens with zero attached hydrogens (tertiary/aromatic N) is 3. The number of nitrogens with one attached hydrogen (secondary N) is 2. The van der Waals surface area contributed by atoms with Crippen molar-refractivity contribution in [1.29, 1.82) is 0 Å². The quantitative estimate of drug-likeness (QED) is 0.320. The predicted molar refractivity (Wildman–Crippen MR) is 166 cm³/mol. The van der Waals surface area contributed by atoms with Gasteiger partial charge < -0.3 is 9.30 Å². The summed E-state index contributed by atoms with van der Waals surface area (Å²) in [6, 6.07) is 11.2. The summed E-state index contributed by atoms with van der Waals surface area (Å²) in [5, 5.41) is 4.94. The van der Waals surface area contributed by atoms with E-state index in [0.717, 1.165) is 46.8 Å². The second-order valence-electron chi connectivity index (χ2n) is 12.3. The molecule has 2 amide bonds. The van der Waals surface area contributed by atoms with Gasteiger partial charge in [-0.25, -0.2) is 14.6 Å². The molecule has 9 heteroatoms. The number of ether oxygens (including phenoxy) is 1. The maximum atomic E-state index is 14.9. The Hall–Kier alpha value is -2.75. The Balaban J connectivity index is 1.63. The van der Waals surface area contributed by atoms with Crippen molar-refractivity contribution in [3.05, 3.63) is 47.8 Å². The van der Waals surface area contributed by atoms with Crippen LogP contribution in [0.1, 0.15) is 71.3 Å². The monoisotopic (exact) mass is 579 g/mol. The Morgan fingerprint density at radius 3 is 2.66 bits per heavy atom. The van der Waals surface area contributed by atoms with Crippen LogP contribution in [-0.4, -0.2) is 46.1 Å². The first-order valence-electron chi connectivity index (χ1n) is 15.0. The van der Waals surface area contributed by atoms with E-state index in [2.05, 4.69) is 54.3 Å². The molecule has 0 saturated heterocycles. The molecule has 0 spiro atoms. The molecule has 1 aromatic heterocycles. The normalized spacial score (nSPS) is 23.4. The minimum absolute atomic E-state index is 0.0492. The van der Waals surface area contributed by atoms with Crippen molar-refractivity contribution in [3.8, 4) is 17.0 Å². The number of fused-ring (bicyclic) bond motifs is 4. The fourth-order valence-electron chi connectivity index (χ4n) is 6.94. The molecule has 220 valence electrons. The Kier molecular flexibility index (Phi) is 7.72. The molecular weight excluding hydrogens is 537 g/mol. The molecular formula is C32H42FN5O2S. The number of hydrogen-bond donors (Lipinski definition) is 2. The van der Waals surface area contributed by atoms with E-state index in [1.54, 1.807) is 21.4 Å². The topological polar surface area (TPSA) is 61.8 Å². The van der Waals surface area contributed by atoms with E-state index in [1.165, 1.54) is 48.2 Å². The number of carbonyl (C=O) groups is 1. The van der Waals surface area contributed by atoms with Crippen molar-refractivity contribution >= 4 is 34.6 Å². The SMILES string of the molecule is CCSN1NC(C)(C)NC(C)[C@@H]2COc3ccc(F)cc3-c3c(C4CCCCC4)c4ccc(cc4n3C2)N(C)C1=O. The second kappa shape index (κ2) is 11.2. The zero-order valence-corrected chi connectivity index (χ0v) is 25.6. The molecule has 3 aromatic rings. The van der Waals surface area contributed by atoms with E-state index in [4.69, 9.17) is 4.74 Å². The lowest BCUT2D eigenvalue weighted by molar-refractivity contribution is 0.137. The first-order chi connectivity index (χ1) is 19.7. The molecule has 2 aromatic carbocycles. The van der Waals surface area contributed by atoms with E-state index >= 15 is 0 Å². The fraction of sp³-hybridized carbons (Fsp3) is 0.531. The van der Waals surface area contributed by atoms with Gasteiger partial charge in [-0.3, -0.25) is 10.2 Å². The standard InChI is InChI=1S/C32H42FN5O2S/c1-6-41-38-31(39)36(5)24-13-14-25-27(17-24)37-18-22(20(2)34-32(3,4)35-38)19-40-28-15-12-23(33)16-26(28)30(37)29(25)21-10-8-7-9-11-21/h12-17,20-22,34-35H,6-11,18-19H2,1-5H3/t20?,22-/m0/s1. The molecule has 0 radical (unpaired) electrons. The summed E-state index contributed by atoms with van der Waals surface area (Å²) in [7, 11) is 1.83. The number of hydrazine groups is 1. The van der Waals surface area contributed by atoms with Gasteiger partial charge in [-0.2, -0.15) is 4.41 Å². The predicted octanol–water partition coefficient (Wildman–Crippen LogP) is 7.26. The minimum atomic E-state index is -0.573. The van der Waals surface area contributed by atoms with Gasteiger partial charge in [-0.05, 0) is 87.4 Å². The zero-order valence-electron chi connectivity index (χ0n) is 24.8. The van der Waals surface area contributed by atoms with Crippen LogP contribution in [0.15, 0.2) is 36.4 Å². The van der Waals surface area contributed by atoms with Gasteiger partial charge in [0.25, 0.3) is 0 Å². The maximum absolute atomic E-state index is 14.9. The van der Waals surface area contributed by atoms with Crippen molar-refractivity contribution in [1.82, 2.24) is 19.7 Å². The highest BCUT2D eigenvalue weighted by Crippen LogP contribution is 2.48. The van der Waals surface area contributed by atoms with Gasteiger partial charge in [0.2, 0.25) is 0 Å². The highest BCUT2D eigenvalue weighted by Gasteiger charge is 2.35. The summed E-state index contributed by atoms with van der Waals surface area (Å²) in [4.78, 5) is 15.5. The van der Waals surface area contributed by atoms with E-state index < -0.39 is 5.66 Å². The first kappa shape index (κ1) is 28.4. The number of aromatic nitrogens is 1. The summed E-state index contributed by atoms with van der Waals surface area (Å²) in [5.41, 5.74) is 7.97. The molecule has 7 nitrogen and oxygen atoms in total. The third kappa shape index (κ3) is 5.32. The summed E-state index contributed by atoms with van der Waals surface area (Å²) in [5.74, 6) is 1.73. The largest absolute Gasteiger partial charge is 0.492 e. The van der Waals surface area contributed by atoms with Crippen molar-refractivity contribution in [2.45, 2.75) is 84.0 Å². The highest BCUT2D eigenvalue weighted by molar-refractivity contribution is 7.97. The third-order valence-electron chi connectivity index (χ3n) is 8.95. The lowest BCUT2D eigenvalue weighted by atomic mass is 9.81. The molecule has 41 heavy (non-hydrogen) atoms. The summed E-state index contributed by atoms with van der Waals surface area (Å²) in [6.07, 6.45) is 5.92. The van der Waals surface area contributed by atoms with E-state index in [9.17, 15) is 9.18 Å². The van der Waals surface area contributed by atoms with Crippen molar-refractivity contribution < 1.29 is 13.9 Å². The maximum Gasteiger partial charge on any atom is 0.349 e. The number of urea groups is 1. The Bertz CT molecular complexity index is 1450. The van der Waals surface area contributed by atoms with Crippen LogP contribution in [0.25, 0.3) is 22.2 Å². The molecule has 1 saturated carbocycles. The smallest absolute Gasteiger partial charge is 0.349 e. The fourth-order valence-corrected chi connectivity index (χ4v) is 7.73. The number of anilines is 1. The van der Waals surface area contributed by atoms with Crippen LogP contribution >= 0.6 is 11.9 Å². The van der Waals surface area contributed by atoms with Gasteiger partial charge in [0.15, 0.2) is 0 Å². The van der Waals surface area contributed by atoms with E-state index in [1.807, 2.05) is 14.0 Å². The molecule has 1 fully saturated rings. The van der Waals surface area contributed by atoms with Crippen LogP contribution in [0, 0.1) is 11.7 Å². The zero-order chi connectivity index (χ0) is 28.9. The lowest BCUT2D eigenvalue weighted by Gasteiger charge is -2.39. The van der Waals surface area contributed by atoms with Crippen LogP contribution < -0.4 is 20.4 Å². The molecule has 4 bridgehead atoms. The lowest BCUT2D eigenvalue weighted by Crippen LogP contribution is -2.63. The highest BCUT2D eigenvalue weighted by atomic mass is 32.2. The number of carbonyl (C=O) groups excluding carboxylic acids is 1. The van der Waals surface area contributed by atoms with Gasteiger partial charge in [-0.15, -0.1) is 0 Å². The molecule has 6 rings (SSSR count). The second-order valence-corrected chi connectivity index (χ2v) is 13.5. The average Bonchev–Trinajstić information content (AvgIpc) is 3.25.